The molecule has 2 aromatic rings. The van der Waals surface area contributed by atoms with Crippen molar-refractivity contribution in [3.05, 3.63) is 52.6 Å². The number of nitrogens with zero attached hydrogens (tertiary/aromatic N) is 2. The number of benzene rings is 1. The van der Waals surface area contributed by atoms with Gasteiger partial charge < -0.3 is 10.3 Å². The van der Waals surface area contributed by atoms with Crippen LogP contribution < -0.4 is 5.73 Å². The zero-order valence-electron chi connectivity index (χ0n) is 9.86. The third kappa shape index (κ3) is 2.68. The highest BCUT2D eigenvalue weighted by atomic mass is 35.5. The molecule has 0 spiro atoms. The fourth-order valence-electron chi connectivity index (χ4n) is 1.92. The maximum Gasteiger partial charge on any atom is 0.113 e. The highest BCUT2D eigenvalue weighted by molar-refractivity contribution is 6.30. The molecule has 1 aromatic carbocycles. The molecule has 0 radical (unpaired) electrons. The summed E-state index contributed by atoms with van der Waals surface area (Å²) in [6.07, 6.45) is 4.62. The van der Waals surface area contributed by atoms with Gasteiger partial charge in [0, 0.05) is 36.9 Å². The SMILES string of the molecule is CCn1ccnc1Cc1ccc(Cl)cc1CN. The van der Waals surface area contributed by atoms with Crippen molar-refractivity contribution < 1.29 is 0 Å². The van der Waals surface area contributed by atoms with Crippen molar-refractivity contribution in [2.24, 2.45) is 5.73 Å². The van der Waals surface area contributed by atoms with E-state index in [4.69, 9.17) is 17.3 Å². The first-order valence-corrected chi connectivity index (χ1v) is 6.09. The maximum absolute atomic E-state index is 5.96. The molecular formula is C13H16ClN3. The summed E-state index contributed by atoms with van der Waals surface area (Å²) in [5.41, 5.74) is 8.01. The largest absolute Gasteiger partial charge is 0.335 e. The van der Waals surface area contributed by atoms with Crippen LogP contribution in [0.5, 0.6) is 0 Å². The average Bonchev–Trinajstić information content (AvgIpc) is 2.78. The molecule has 0 saturated carbocycles. The van der Waals surface area contributed by atoms with Crippen LogP contribution >= 0.6 is 11.6 Å². The van der Waals surface area contributed by atoms with Gasteiger partial charge in [-0.2, -0.15) is 0 Å². The molecule has 90 valence electrons. The van der Waals surface area contributed by atoms with Crippen molar-refractivity contribution in [1.82, 2.24) is 9.55 Å². The van der Waals surface area contributed by atoms with Gasteiger partial charge >= 0.3 is 0 Å². The van der Waals surface area contributed by atoms with Crippen molar-refractivity contribution in [2.45, 2.75) is 26.4 Å². The number of halogens is 1. The average molecular weight is 250 g/mol. The van der Waals surface area contributed by atoms with Gasteiger partial charge in [0.1, 0.15) is 5.82 Å². The van der Waals surface area contributed by atoms with Crippen LogP contribution in [-0.4, -0.2) is 9.55 Å². The van der Waals surface area contributed by atoms with E-state index in [1.54, 1.807) is 0 Å². The number of rotatable bonds is 4. The molecule has 1 aromatic heterocycles. The molecule has 0 amide bonds. The third-order valence-electron chi connectivity index (χ3n) is 2.88. The van der Waals surface area contributed by atoms with Crippen molar-refractivity contribution in [2.75, 3.05) is 0 Å². The molecule has 2 N–H and O–H groups in total. The van der Waals surface area contributed by atoms with Crippen molar-refractivity contribution in [3.8, 4) is 0 Å². The van der Waals surface area contributed by atoms with Crippen molar-refractivity contribution in [1.29, 1.82) is 0 Å². The summed E-state index contributed by atoms with van der Waals surface area (Å²) in [5.74, 6) is 1.06. The van der Waals surface area contributed by atoms with Crippen LogP contribution in [0.1, 0.15) is 23.9 Å². The van der Waals surface area contributed by atoms with Gasteiger partial charge in [0.2, 0.25) is 0 Å². The number of aromatic nitrogens is 2. The van der Waals surface area contributed by atoms with Gasteiger partial charge in [0.05, 0.1) is 0 Å². The molecule has 1 heterocycles. The van der Waals surface area contributed by atoms with Crippen molar-refractivity contribution >= 4 is 11.6 Å². The lowest BCUT2D eigenvalue weighted by Gasteiger charge is -2.09. The van der Waals surface area contributed by atoms with Crippen LogP contribution in [0, 0.1) is 0 Å². The second-order valence-electron chi connectivity index (χ2n) is 3.92. The van der Waals surface area contributed by atoms with Gasteiger partial charge in [-0.05, 0) is 30.2 Å². The molecule has 2 rings (SSSR count). The Balaban J connectivity index is 2.29. The molecule has 0 unspecified atom stereocenters. The van der Waals surface area contributed by atoms with E-state index in [-0.39, 0.29) is 0 Å². The number of imidazole rings is 1. The summed E-state index contributed by atoms with van der Waals surface area (Å²) in [7, 11) is 0. The van der Waals surface area contributed by atoms with E-state index < -0.39 is 0 Å². The highest BCUT2D eigenvalue weighted by Gasteiger charge is 2.07. The predicted molar refractivity (Wildman–Crippen MR) is 70.1 cm³/mol. The van der Waals surface area contributed by atoms with E-state index in [0.717, 1.165) is 29.4 Å². The van der Waals surface area contributed by atoms with Crippen LogP contribution in [0.25, 0.3) is 0 Å². The molecule has 3 nitrogen and oxygen atoms in total. The smallest absolute Gasteiger partial charge is 0.113 e. The van der Waals surface area contributed by atoms with Crippen LogP contribution in [0.15, 0.2) is 30.6 Å². The predicted octanol–water partition coefficient (Wildman–Crippen LogP) is 2.61. The van der Waals surface area contributed by atoms with Gasteiger partial charge in [0.15, 0.2) is 0 Å². The van der Waals surface area contributed by atoms with E-state index in [0.29, 0.717) is 6.54 Å². The zero-order chi connectivity index (χ0) is 12.3. The molecule has 0 saturated heterocycles. The van der Waals surface area contributed by atoms with Gasteiger partial charge in [0.25, 0.3) is 0 Å². The lowest BCUT2D eigenvalue weighted by molar-refractivity contribution is 0.711. The summed E-state index contributed by atoms with van der Waals surface area (Å²) < 4.78 is 2.13. The van der Waals surface area contributed by atoms with E-state index in [1.165, 1.54) is 5.56 Å². The summed E-state index contributed by atoms with van der Waals surface area (Å²) in [6.45, 7) is 3.54. The lowest BCUT2D eigenvalue weighted by atomic mass is 10.0. The van der Waals surface area contributed by atoms with Gasteiger partial charge in [-0.3, -0.25) is 0 Å². The molecular weight excluding hydrogens is 234 g/mol. The number of hydrogen-bond donors (Lipinski definition) is 1. The van der Waals surface area contributed by atoms with Gasteiger partial charge in [-0.15, -0.1) is 0 Å². The van der Waals surface area contributed by atoms with E-state index in [1.807, 2.05) is 30.6 Å². The minimum atomic E-state index is 0.503. The van der Waals surface area contributed by atoms with Crippen molar-refractivity contribution in [3.63, 3.8) is 0 Å². The monoisotopic (exact) mass is 249 g/mol. The molecule has 17 heavy (non-hydrogen) atoms. The maximum atomic E-state index is 5.96. The second kappa shape index (κ2) is 5.34. The second-order valence-corrected chi connectivity index (χ2v) is 4.36. The van der Waals surface area contributed by atoms with E-state index >= 15 is 0 Å². The Labute approximate surface area is 106 Å². The van der Waals surface area contributed by atoms with Crippen LogP contribution in [0.4, 0.5) is 0 Å². The number of aryl methyl sites for hydroxylation is 1. The highest BCUT2D eigenvalue weighted by Crippen LogP contribution is 2.18. The first-order valence-electron chi connectivity index (χ1n) is 5.72. The van der Waals surface area contributed by atoms with E-state index in [2.05, 4.69) is 16.5 Å². The first kappa shape index (κ1) is 12.1. The third-order valence-corrected chi connectivity index (χ3v) is 3.11. The van der Waals surface area contributed by atoms with E-state index in [9.17, 15) is 0 Å². The summed E-state index contributed by atoms with van der Waals surface area (Å²) in [4.78, 5) is 4.37. The normalized spacial score (nSPS) is 10.8. The fourth-order valence-corrected chi connectivity index (χ4v) is 2.12. The molecule has 0 aliphatic heterocycles. The van der Waals surface area contributed by atoms with Crippen LogP contribution in [-0.2, 0) is 19.5 Å². The number of nitrogens with two attached hydrogens (primary N) is 1. The minimum Gasteiger partial charge on any atom is -0.335 e. The molecule has 0 aliphatic rings. The molecule has 4 heteroatoms. The number of hydrogen-bond acceptors (Lipinski definition) is 2. The Morgan fingerprint density at radius 2 is 2.18 bits per heavy atom. The summed E-state index contributed by atoms with van der Waals surface area (Å²) >= 11 is 5.96. The molecule has 0 aliphatic carbocycles. The topological polar surface area (TPSA) is 43.8 Å². The Morgan fingerprint density at radius 3 is 2.88 bits per heavy atom. The Morgan fingerprint density at radius 1 is 1.35 bits per heavy atom. The zero-order valence-corrected chi connectivity index (χ0v) is 10.6. The van der Waals surface area contributed by atoms with Gasteiger partial charge in [-0.1, -0.05) is 17.7 Å². The fraction of sp³-hybridized carbons (Fsp3) is 0.308. The quantitative estimate of drug-likeness (QED) is 0.905. The molecule has 0 fully saturated rings. The first-order chi connectivity index (χ1) is 8.24. The van der Waals surface area contributed by atoms with Crippen LogP contribution in [0.2, 0.25) is 5.02 Å². The minimum absolute atomic E-state index is 0.503. The van der Waals surface area contributed by atoms with Gasteiger partial charge in [-0.25, -0.2) is 4.98 Å². The summed E-state index contributed by atoms with van der Waals surface area (Å²) in [6, 6.07) is 5.85. The Hall–Kier alpha value is -1.32. The standard InChI is InChI=1S/C13H16ClN3/c1-2-17-6-5-16-13(17)8-10-3-4-12(14)7-11(10)9-15/h3-7H,2,8-9,15H2,1H3. The lowest BCUT2D eigenvalue weighted by Crippen LogP contribution is -2.06. The molecule has 0 bridgehead atoms. The Bertz CT molecular complexity index is 505. The molecule has 0 atom stereocenters. The summed E-state index contributed by atoms with van der Waals surface area (Å²) in [5, 5.41) is 0.730. The van der Waals surface area contributed by atoms with Crippen LogP contribution in [0.3, 0.4) is 0 Å². The Kier molecular flexibility index (Phi) is 3.82.